The molecule has 3 unspecified atom stereocenters. The van der Waals surface area contributed by atoms with E-state index >= 15 is 0 Å². The van der Waals surface area contributed by atoms with E-state index < -0.39 is 0 Å². The average Bonchev–Trinajstić information content (AvgIpc) is 2.65. The van der Waals surface area contributed by atoms with Crippen molar-refractivity contribution in [1.82, 2.24) is 5.32 Å². The quantitative estimate of drug-likeness (QED) is 0.875. The third kappa shape index (κ3) is 4.20. The normalized spacial score (nSPS) is 23.0. The minimum Gasteiger partial charge on any atom is -0.381 e. The molecule has 1 aliphatic rings. The van der Waals surface area contributed by atoms with E-state index in [9.17, 15) is 4.79 Å². The summed E-state index contributed by atoms with van der Waals surface area (Å²) in [6.07, 6.45) is 3.13. The monoisotopic (exact) mass is 338 g/mol. The number of benzene rings is 2. The van der Waals surface area contributed by atoms with Crippen LogP contribution in [0.4, 0.5) is 16.2 Å². The van der Waals surface area contributed by atoms with Crippen molar-refractivity contribution in [2.75, 3.05) is 12.0 Å². The van der Waals surface area contributed by atoms with Gasteiger partial charge in [-0.15, -0.1) is 0 Å². The van der Waals surface area contributed by atoms with Crippen LogP contribution in [-0.4, -0.2) is 25.3 Å². The highest BCUT2D eigenvalue weighted by Crippen LogP contribution is 2.28. The van der Waals surface area contributed by atoms with E-state index in [0.29, 0.717) is 5.92 Å². The Labute approximate surface area is 149 Å². The van der Waals surface area contributed by atoms with Crippen LogP contribution in [-0.2, 0) is 4.74 Å². The molecule has 0 heterocycles. The molecular formula is C21H26N2O2. The zero-order valence-electron chi connectivity index (χ0n) is 14.9. The second kappa shape index (κ2) is 8.17. The molecule has 3 rings (SSSR count). The number of nitrogens with one attached hydrogen (secondary N) is 1. The number of ether oxygens (including phenoxy) is 1. The summed E-state index contributed by atoms with van der Waals surface area (Å²) in [6.45, 7) is 2.21. The average molecular weight is 338 g/mol. The van der Waals surface area contributed by atoms with Gasteiger partial charge in [0.25, 0.3) is 0 Å². The summed E-state index contributed by atoms with van der Waals surface area (Å²) in [5.41, 5.74) is 1.72. The molecule has 0 bridgehead atoms. The largest absolute Gasteiger partial charge is 0.381 e. The van der Waals surface area contributed by atoms with Crippen LogP contribution < -0.4 is 10.2 Å². The number of hydrogen-bond acceptors (Lipinski definition) is 2. The van der Waals surface area contributed by atoms with Crippen LogP contribution in [0.2, 0.25) is 0 Å². The number of urea groups is 1. The molecule has 132 valence electrons. The first kappa shape index (κ1) is 17.5. The molecule has 0 radical (unpaired) electrons. The molecule has 0 spiro atoms. The number of para-hydroxylation sites is 2. The maximum Gasteiger partial charge on any atom is 0.326 e. The molecule has 2 aromatic carbocycles. The summed E-state index contributed by atoms with van der Waals surface area (Å²) in [4.78, 5) is 14.8. The Kier molecular flexibility index (Phi) is 5.71. The lowest BCUT2D eigenvalue weighted by Crippen LogP contribution is -2.47. The molecule has 0 saturated heterocycles. The van der Waals surface area contributed by atoms with Crippen molar-refractivity contribution in [2.24, 2.45) is 5.92 Å². The standard InChI is InChI=1S/C21H26N2O2/c1-16-13-14-17(15-20(16)25-2)22-21(24)23(18-9-5-3-6-10-18)19-11-7-4-8-12-19/h3-12,16-17,20H,13-15H2,1-2H3,(H,22,24). The molecule has 0 aromatic heterocycles. The maximum absolute atomic E-state index is 13.1. The van der Waals surface area contributed by atoms with Crippen molar-refractivity contribution in [2.45, 2.75) is 38.3 Å². The molecule has 25 heavy (non-hydrogen) atoms. The Morgan fingerprint density at radius 1 is 1.00 bits per heavy atom. The number of rotatable bonds is 4. The number of hydrogen-bond donors (Lipinski definition) is 1. The highest BCUT2D eigenvalue weighted by molar-refractivity contribution is 5.99. The van der Waals surface area contributed by atoms with Crippen molar-refractivity contribution >= 4 is 17.4 Å². The van der Waals surface area contributed by atoms with Crippen LogP contribution in [0, 0.1) is 5.92 Å². The predicted molar refractivity (Wildman–Crippen MR) is 101 cm³/mol. The van der Waals surface area contributed by atoms with Gasteiger partial charge in [0.05, 0.1) is 17.5 Å². The lowest BCUT2D eigenvalue weighted by atomic mass is 9.84. The first-order valence-corrected chi connectivity index (χ1v) is 8.92. The molecule has 1 saturated carbocycles. The fraction of sp³-hybridized carbons (Fsp3) is 0.381. The summed E-state index contributed by atoms with van der Waals surface area (Å²) in [5, 5.41) is 3.21. The minimum atomic E-state index is -0.0909. The lowest BCUT2D eigenvalue weighted by molar-refractivity contribution is 0.0214. The van der Waals surface area contributed by atoms with E-state index in [1.54, 1.807) is 12.0 Å². The first-order chi connectivity index (χ1) is 12.2. The van der Waals surface area contributed by atoms with E-state index in [1.807, 2.05) is 60.7 Å². The van der Waals surface area contributed by atoms with Gasteiger partial charge in [0, 0.05) is 13.2 Å². The van der Waals surface area contributed by atoms with Gasteiger partial charge < -0.3 is 10.1 Å². The van der Waals surface area contributed by atoms with Gasteiger partial charge in [-0.3, -0.25) is 4.90 Å². The molecule has 2 aromatic rings. The van der Waals surface area contributed by atoms with Gasteiger partial charge in [-0.2, -0.15) is 0 Å². The third-order valence-corrected chi connectivity index (χ3v) is 4.98. The second-order valence-corrected chi connectivity index (χ2v) is 6.72. The van der Waals surface area contributed by atoms with E-state index in [4.69, 9.17) is 4.74 Å². The van der Waals surface area contributed by atoms with Gasteiger partial charge in [0.15, 0.2) is 0 Å². The predicted octanol–water partition coefficient (Wildman–Crippen LogP) is 4.74. The summed E-state index contributed by atoms with van der Waals surface area (Å²) < 4.78 is 5.58. The zero-order valence-corrected chi connectivity index (χ0v) is 14.9. The summed E-state index contributed by atoms with van der Waals surface area (Å²) >= 11 is 0. The molecule has 1 aliphatic carbocycles. The second-order valence-electron chi connectivity index (χ2n) is 6.72. The summed E-state index contributed by atoms with van der Waals surface area (Å²) in [6, 6.07) is 19.6. The SMILES string of the molecule is COC1CC(NC(=O)N(c2ccccc2)c2ccccc2)CCC1C. The molecule has 4 heteroatoms. The Balaban J connectivity index is 1.78. The first-order valence-electron chi connectivity index (χ1n) is 8.92. The molecule has 1 fully saturated rings. The van der Waals surface area contributed by atoms with E-state index in [1.165, 1.54) is 0 Å². The van der Waals surface area contributed by atoms with Gasteiger partial charge in [-0.1, -0.05) is 43.3 Å². The Hall–Kier alpha value is -2.33. The lowest BCUT2D eigenvalue weighted by Gasteiger charge is -2.35. The summed E-state index contributed by atoms with van der Waals surface area (Å²) in [5.74, 6) is 0.539. The van der Waals surface area contributed by atoms with Gasteiger partial charge in [0.2, 0.25) is 0 Å². The van der Waals surface area contributed by atoms with E-state index in [-0.39, 0.29) is 18.2 Å². The van der Waals surface area contributed by atoms with Crippen LogP contribution in [0.1, 0.15) is 26.2 Å². The van der Waals surface area contributed by atoms with Crippen LogP contribution in [0.15, 0.2) is 60.7 Å². The Bertz CT molecular complexity index is 635. The smallest absolute Gasteiger partial charge is 0.326 e. The number of methoxy groups -OCH3 is 1. The number of carbonyl (C=O) groups is 1. The van der Waals surface area contributed by atoms with Crippen LogP contribution in [0.3, 0.4) is 0 Å². The number of amides is 2. The molecule has 1 N–H and O–H groups in total. The maximum atomic E-state index is 13.1. The van der Waals surface area contributed by atoms with Crippen LogP contribution >= 0.6 is 0 Å². The minimum absolute atomic E-state index is 0.0909. The topological polar surface area (TPSA) is 41.6 Å². The fourth-order valence-electron chi connectivity index (χ4n) is 3.52. The van der Waals surface area contributed by atoms with Crippen molar-refractivity contribution in [3.05, 3.63) is 60.7 Å². The third-order valence-electron chi connectivity index (χ3n) is 4.98. The van der Waals surface area contributed by atoms with Gasteiger partial charge in [-0.05, 0) is 49.4 Å². The number of carbonyl (C=O) groups excluding carboxylic acids is 1. The molecule has 2 amide bonds. The van der Waals surface area contributed by atoms with Crippen molar-refractivity contribution in [1.29, 1.82) is 0 Å². The molecule has 4 nitrogen and oxygen atoms in total. The highest BCUT2D eigenvalue weighted by Gasteiger charge is 2.30. The number of anilines is 2. The van der Waals surface area contributed by atoms with E-state index in [0.717, 1.165) is 30.6 Å². The van der Waals surface area contributed by atoms with Crippen molar-refractivity contribution < 1.29 is 9.53 Å². The van der Waals surface area contributed by atoms with Gasteiger partial charge in [0.1, 0.15) is 0 Å². The Morgan fingerprint density at radius 2 is 1.56 bits per heavy atom. The molecular weight excluding hydrogens is 312 g/mol. The molecule has 3 atom stereocenters. The van der Waals surface area contributed by atoms with E-state index in [2.05, 4.69) is 12.2 Å². The van der Waals surface area contributed by atoms with Crippen LogP contribution in [0.5, 0.6) is 0 Å². The van der Waals surface area contributed by atoms with Crippen LogP contribution in [0.25, 0.3) is 0 Å². The number of nitrogens with zero attached hydrogens (tertiary/aromatic N) is 1. The Morgan fingerprint density at radius 3 is 2.08 bits per heavy atom. The van der Waals surface area contributed by atoms with Crippen molar-refractivity contribution in [3.8, 4) is 0 Å². The van der Waals surface area contributed by atoms with Crippen molar-refractivity contribution in [3.63, 3.8) is 0 Å². The summed E-state index contributed by atoms with van der Waals surface area (Å²) in [7, 11) is 1.76. The highest BCUT2D eigenvalue weighted by atomic mass is 16.5. The van der Waals surface area contributed by atoms with Gasteiger partial charge >= 0.3 is 6.03 Å². The molecule has 0 aliphatic heterocycles. The zero-order chi connectivity index (χ0) is 17.6. The fourth-order valence-corrected chi connectivity index (χ4v) is 3.52. The van der Waals surface area contributed by atoms with Gasteiger partial charge in [-0.25, -0.2) is 4.79 Å².